The predicted molar refractivity (Wildman–Crippen MR) is 84.8 cm³/mol. The van der Waals surface area contributed by atoms with E-state index < -0.39 is 0 Å². The van der Waals surface area contributed by atoms with Gasteiger partial charge in [0, 0.05) is 11.8 Å². The van der Waals surface area contributed by atoms with E-state index in [0.717, 1.165) is 16.8 Å². The highest BCUT2D eigenvalue weighted by Crippen LogP contribution is 2.15. The number of anilines is 1. The van der Waals surface area contributed by atoms with E-state index >= 15 is 0 Å². The van der Waals surface area contributed by atoms with Crippen molar-refractivity contribution in [3.8, 4) is 5.75 Å². The molecule has 0 spiro atoms. The summed E-state index contributed by atoms with van der Waals surface area (Å²) in [5, 5.41) is 5.47. The molecule has 0 unspecified atom stereocenters. The maximum absolute atomic E-state index is 13.0. The Labute approximate surface area is 129 Å². The van der Waals surface area contributed by atoms with E-state index in [-0.39, 0.29) is 18.5 Å². The maximum atomic E-state index is 13.0. The SMILES string of the molecule is Cc1ccc(NC(=O)NCCOc2cccc(F)c2)c(C)c1. The molecule has 2 aromatic rings. The number of rotatable bonds is 5. The molecule has 0 fully saturated rings. The van der Waals surface area contributed by atoms with Gasteiger partial charge in [0.05, 0.1) is 6.54 Å². The van der Waals surface area contributed by atoms with E-state index in [1.54, 1.807) is 12.1 Å². The highest BCUT2D eigenvalue weighted by atomic mass is 19.1. The van der Waals surface area contributed by atoms with Crippen LogP contribution in [0.15, 0.2) is 42.5 Å². The number of ether oxygens (including phenoxy) is 1. The molecule has 0 aliphatic heterocycles. The predicted octanol–water partition coefficient (Wildman–Crippen LogP) is 3.64. The Bertz CT molecular complexity index is 659. The van der Waals surface area contributed by atoms with Crippen LogP contribution in [-0.4, -0.2) is 19.2 Å². The third kappa shape index (κ3) is 4.77. The number of carbonyl (C=O) groups excluding carboxylic acids is 1. The largest absolute Gasteiger partial charge is 0.492 e. The zero-order valence-corrected chi connectivity index (χ0v) is 12.7. The lowest BCUT2D eigenvalue weighted by Crippen LogP contribution is -2.32. The van der Waals surface area contributed by atoms with Crippen molar-refractivity contribution in [3.05, 3.63) is 59.4 Å². The molecule has 0 aliphatic carbocycles. The summed E-state index contributed by atoms with van der Waals surface area (Å²) in [4.78, 5) is 11.8. The zero-order valence-electron chi connectivity index (χ0n) is 12.7. The van der Waals surface area contributed by atoms with Crippen molar-refractivity contribution in [3.63, 3.8) is 0 Å². The second-order valence-corrected chi connectivity index (χ2v) is 5.01. The Hall–Kier alpha value is -2.56. The molecule has 2 amide bonds. The third-order valence-corrected chi connectivity index (χ3v) is 3.08. The van der Waals surface area contributed by atoms with Crippen LogP contribution < -0.4 is 15.4 Å². The molecule has 0 aliphatic rings. The van der Waals surface area contributed by atoms with Crippen molar-refractivity contribution in [2.24, 2.45) is 0 Å². The van der Waals surface area contributed by atoms with Crippen LogP contribution in [-0.2, 0) is 0 Å². The fraction of sp³-hybridized carbons (Fsp3) is 0.235. The first-order chi connectivity index (χ1) is 10.5. The third-order valence-electron chi connectivity index (χ3n) is 3.08. The first-order valence-electron chi connectivity index (χ1n) is 7.05. The van der Waals surface area contributed by atoms with Gasteiger partial charge in [0.25, 0.3) is 0 Å². The number of hydrogen-bond donors (Lipinski definition) is 2. The molecule has 0 atom stereocenters. The molecule has 0 saturated heterocycles. The van der Waals surface area contributed by atoms with Gasteiger partial charge in [0.1, 0.15) is 18.2 Å². The fourth-order valence-corrected chi connectivity index (χ4v) is 2.01. The number of hydrogen-bond acceptors (Lipinski definition) is 2. The molecule has 116 valence electrons. The highest BCUT2D eigenvalue weighted by molar-refractivity contribution is 5.90. The minimum Gasteiger partial charge on any atom is -0.492 e. The van der Waals surface area contributed by atoms with Crippen molar-refractivity contribution in [2.45, 2.75) is 13.8 Å². The zero-order chi connectivity index (χ0) is 15.9. The first kappa shape index (κ1) is 15.8. The second kappa shape index (κ2) is 7.45. The monoisotopic (exact) mass is 302 g/mol. The minimum absolute atomic E-state index is 0.268. The van der Waals surface area contributed by atoms with Crippen LogP contribution in [0.3, 0.4) is 0 Å². The number of carbonyl (C=O) groups is 1. The summed E-state index contributed by atoms with van der Waals surface area (Å²) < 4.78 is 18.3. The highest BCUT2D eigenvalue weighted by Gasteiger charge is 2.04. The molecule has 2 N–H and O–H groups in total. The van der Waals surface area contributed by atoms with Crippen LogP contribution in [0.1, 0.15) is 11.1 Å². The van der Waals surface area contributed by atoms with Gasteiger partial charge < -0.3 is 15.4 Å². The molecule has 4 nitrogen and oxygen atoms in total. The molecule has 22 heavy (non-hydrogen) atoms. The normalized spacial score (nSPS) is 10.1. The van der Waals surface area contributed by atoms with Gasteiger partial charge in [-0.05, 0) is 37.6 Å². The van der Waals surface area contributed by atoms with Crippen LogP contribution in [0.4, 0.5) is 14.9 Å². The van der Waals surface area contributed by atoms with Crippen molar-refractivity contribution in [1.29, 1.82) is 0 Å². The standard InChI is InChI=1S/C17H19FN2O2/c1-12-6-7-16(13(2)10-12)20-17(21)19-8-9-22-15-5-3-4-14(18)11-15/h3-7,10-11H,8-9H2,1-2H3,(H2,19,20,21). The summed E-state index contributed by atoms with van der Waals surface area (Å²) in [6.45, 7) is 4.54. The molecule has 2 aromatic carbocycles. The maximum Gasteiger partial charge on any atom is 0.319 e. The van der Waals surface area contributed by atoms with Gasteiger partial charge in [-0.1, -0.05) is 23.8 Å². The van der Waals surface area contributed by atoms with E-state index in [4.69, 9.17) is 4.74 Å². The molecular formula is C17H19FN2O2. The molecule has 5 heteroatoms. The lowest BCUT2D eigenvalue weighted by atomic mass is 10.1. The van der Waals surface area contributed by atoms with Crippen LogP contribution >= 0.6 is 0 Å². The Morgan fingerprint density at radius 2 is 2.00 bits per heavy atom. The quantitative estimate of drug-likeness (QED) is 0.828. The van der Waals surface area contributed by atoms with E-state index in [1.807, 2.05) is 32.0 Å². The lowest BCUT2D eigenvalue weighted by Gasteiger charge is -2.11. The molecule has 0 heterocycles. The van der Waals surface area contributed by atoms with E-state index in [9.17, 15) is 9.18 Å². The Morgan fingerprint density at radius 1 is 1.18 bits per heavy atom. The first-order valence-corrected chi connectivity index (χ1v) is 7.05. The average molecular weight is 302 g/mol. The van der Waals surface area contributed by atoms with Crippen molar-refractivity contribution >= 4 is 11.7 Å². The minimum atomic E-state index is -0.349. The van der Waals surface area contributed by atoms with Crippen molar-refractivity contribution in [1.82, 2.24) is 5.32 Å². The van der Waals surface area contributed by atoms with E-state index in [0.29, 0.717) is 12.3 Å². The average Bonchev–Trinajstić information content (AvgIpc) is 2.47. The Morgan fingerprint density at radius 3 is 2.73 bits per heavy atom. The topological polar surface area (TPSA) is 50.4 Å². The second-order valence-electron chi connectivity index (χ2n) is 5.01. The molecule has 0 radical (unpaired) electrons. The molecule has 0 bridgehead atoms. The summed E-state index contributed by atoms with van der Waals surface area (Å²) in [5.41, 5.74) is 2.92. The van der Waals surface area contributed by atoms with Gasteiger partial charge in [-0.15, -0.1) is 0 Å². The number of aryl methyl sites for hydroxylation is 2. The summed E-state index contributed by atoms with van der Waals surface area (Å²) in [5.74, 6) is 0.0923. The summed E-state index contributed by atoms with van der Waals surface area (Å²) in [6.07, 6.45) is 0. The summed E-state index contributed by atoms with van der Waals surface area (Å²) in [6, 6.07) is 11.4. The van der Waals surface area contributed by atoms with Gasteiger partial charge in [-0.25, -0.2) is 9.18 Å². The number of halogens is 1. The number of nitrogens with one attached hydrogen (secondary N) is 2. The van der Waals surface area contributed by atoms with Gasteiger partial charge in [-0.3, -0.25) is 0 Å². The number of benzene rings is 2. The number of amides is 2. The van der Waals surface area contributed by atoms with Crippen LogP contribution in [0, 0.1) is 19.7 Å². The van der Waals surface area contributed by atoms with Gasteiger partial charge in [0.2, 0.25) is 0 Å². The smallest absolute Gasteiger partial charge is 0.319 e. The van der Waals surface area contributed by atoms with E-state index in [2.05, 4.69) is 10.6 Å². The van der Waals surface area contributed by atoms with Crippen LogP contribution in [0.25, 0.3) is 0 Å². The van der Waals surface area contributed by atoms with Crippen LogP contribution in [0.2, 0.25) is 0 Å². The molecule has 2 rings (SSSR count). The Kier molecular flexibility index (Phi) is 5.36. The van der Waals surface area contributed by atoms with Gasteiger partial charge >= 0.3 is 6.03 Å². The molecular weight excluding hydrogens is 283 g/mol. The lowest BCUT2D eigenvalue weighted by molar-refractivity contribution is 0.247. The summed E-state index contributed by atoms with van der Waals surface area (Å²) in [7, 11) is 0. The summed E-state index contributed by atoms with van der Waals surface area (Å²) >= 11 is 0. The van der Waals surface area contributed by atoms with E-state index in [1.165, 1.54) is 12.1 Å². The molecule has 0 saturated carbocycles. The van der Waals surface area contributed by atoms with Gasteiger partial charge in [-0.2, -0.15) is 0 Å². The fourth-order valence-electron chi connectivity index (χ4n) is 2.01. The Balaban J connectivity index is 1.74. The van der Waals surface area contributed by atoms with Crippen molar-refractivity contribution < 1.29 is 13.9 Å². The van der Waals surface area contributed by atoms with Crippen molar-refractivity contribution in [2.75, 3.05) is 18.5 Å². The van der Waals surface area contributed by atoms with Crippen LogP contribution in [0.5, 0.6) is 5.75 Å². The number of urea groups is 1. The molecule has 0 aromatic heterocycles. The van der Waals surface area contributed by atoms with Gasteiger partial charge in [0.15, 0.2) is 0 Å².